The van der Waals surface area contributed by atoms with Crippen LogP contribution in [0, 0.1) is 5.92 Å². The van der Waals surface area contributed by atoms with Crippen LogP contribution in [0.5, 0.6) is 5.75 Å². The molecule has 0 aromatic heterocycles. The van der Waals surface area contributed by atoms with Crippen molar-refractivity contribution in [2.75, 3.05) is 13.2 Å². The van der Waals surface area contributed by atoms with Crippen LogP contribution < -0.4 is 4.74 Å². The highest BCUT2D eigenvalue weighted by molar-refractivity contribution is 6.31. The van der Waals surface area contributed by atoms with E-state index in [4.69, 9.17) is 21.1 Å². The summed E-state index contributed by atoms with van der Waals surface area (Å²) in [7, 11) is 0. The largest absolute Gasteiger partial charge is 0.492 e. The lowest BCUT2D eigenvalue weighted by atomic mass is 9.89. The van der Waals surface area contributed by atoms with Crippen molar-refractivity contribution in [3.05, 3.63) is 28.3 Å². The molecule has 102 valence electrons. The standard InChI is InChI=1S/C15H17ClO3/c1-2-13-11(4-6-18-13)14(17)12-8-10(16)7-9-3-5-19-15(9)12/h7-8,11,13H,2-6H2,1H3. The summed E-state index contributed by atoms with van der Waals surface area (Å²) in [5.41, 5.74) is 1.68. The second-order valence-electron chi connectivity index (χ2n) is 5.12. The topological polar surface area (TPSA) is 35.5 Å². The van der Waals surface area contributed by atoms with Crippen molar-refractivity contribution in [3.8, 4) is 5.75 Å². The first-order valence-corrected chi connectivity index (χ1v) is 7.19. The molecule has 4 heteroatoms. The first-order chi connectivity index (χ1) is 9.20. The Balaban J connectivity index is 1.96. The molecule has 0 amide bonds. The highest BCUT2D eigenvalue weighted by atomic mass is 35.5. The first-order valence-electron chi connectivity index (χ1n) is 6.81. The molecule has 1 saturated heterocycles. The van der Waals surface area contributed by atoms with E-state index in [1.165, 1.54) is 0 Å². The number of Topliss-reactive ketones (excluding diaryl/α,β-unsaturated/α-hetero) is 1. The predicted octanol–water partition coefficient (Wildman–Crippen LogP) is 3.27. The molecule has 2 heterocycles. The average Bonchev–Trinajstić information content (AvgIpc) is 3.04. The van der Waals surface area contributed by atoms with Gasteiger partial charge in [0.15, 0.2) is 5.78 Å². The van der Waals surface area contributed by atoms with Gasteiger partial charge in [0.05, 0.1) is 24.2 Å². The van der Waals surface area contributed by atoms with Crippen molar-refractivity contribution < 1.29 is 14.3 Å². The van der Waals surface area contributed by atoms with Crippen molar-refractivity contribution in [1.82, 2.24) is 0 Å². The highest BCUT2D eigenvalue weighted by Crippen LogP contribution is 2.36. The zero-order valence-corrected chi connectivity index (χ0v) is 11.7. The van der Waals surface area contributed by atoms with Crippen molar-refractivity contribution in [2.45, 2.75) is 32.3 Å². The quantitative estimate of drug-likeness (QED) is 0.797. The fourth-order valence-corrected chi connectivity index (χ4v) is 3.24. The molecule has 3 nitrogen and oxygen atoms in total. The summed E-state index contributed by atoms with van der Waals surface area (Å²) in [5.74, 6) is 0.790. The van der Waals surface area contributed by atoms with Gasteiger partial charge in [-0.05, 0) is 30.5 Å². The Morgan fingerprint density at radius 2 is 2.26 bits per heavy atom. The number of carbonyl (C=O) groups excluding carboxylic acids is 1. The van der Waals surface area contributed by atoms with E-state index < -0.39 is 0 Å². The molecule has 1 aromatic rings. The van der Waals surface area contributed by atoms with E-state index >= 15 is 0 Å². The van der Waals surface area contributed by atoms with E-state index in [9.17, 15) is 4.79 Å². The van der Waals surface area contributed by atoms with Gasteiger partial charge < -0.3 is 9.47 Å². The van der Waals surface area contributed by atoms with E-state index in [2.05, 4.69) is 6.92 Å². The first kappa shape index (κ1) is 12.9. The monoisotopic (exact) mass is 280 g/mol. The molecule has 3 rings (SSSR count). The summed E-state index contributed by atoms with van der Waals surface area (Å²) in [6, 6.07) is 3.63. The molecule has 2 aliphatic rings. The summed E-state index contributed by atoms with van der Waals surface area (Å²) in [4.78, 5) is 12.7. The summed E-state index contributed by atoms with van der Waals surface area (Å²) >= 11 is 6.11. The minimum atomic E-state index is -0.0585. The molecule has 0 N–H and O–H groups in total. The predicted molar refractivity (Wildman–Crippen MR) is 73.1 cm³/mol. The Labute approximate surface area is 117 Å². The van der Waals surface area contributed by atoms with Gasteiger partial charge in [-0.2, -0.15) is 0 Å². The molecule has 0 bridgehead atoms. The van der Waals surface area contributed by atoms with Gasteiger partial charge in [-0.15, -0.1) is 0 Å². The minimum absolute atomic E-state index is 0.0311. The zero-order valence-electron chi connectivity index (χ0n) is 10.9. The lowest BCUT2D eigenvalue weighted by Crippen LogP contribution is -2.24. The molecule has 19 heavy (non-hydrogen) atoms. The molecular weight excluding hydrogens is 264 g/mol. The van der Waals surface area contributed by atoms with Crippen LogP contribution in [0.2, 0.25) is 5.02 Å². The third kappa shape index (κ3) is 2.26. The van der Waals surface area contributed by atoms with Gasteiger partial charge in [0.1, 0.15) is 5.75 Å². The summed E-state index contributed by atoms with van der Waals surface area (Å²) in [6.07, 6.45) is 2.51. The Hall–Kier alpha value is -1.06. The maximum absolute atomic E-state index is 12.7. The van der Waals surface area contributed by atoms with Crippen LogP contribution in [-0.4, -0.2) is 25.1 Å². The zero-order chi connectivity index (χ0) is 13.4. The SMILES string of the molecule is CCC1OCCC1C(=O)c1cc(Cl)cc2c1OCC2. The lowest BCUT2D eigenvalue weighted by molar-refractivity contribution is 0.0687. The number of rotatable bonds is 3. The fourth-order valence-electron chi connectivity index (χ4n) is 3.00. The van der Waals surface area contributed by atoms with Gasteiger partial charge >= 0.3 is 0 Å². The van der Waals surface area contributed by atoms with Crippen LogP contribution in [0.15, 0.2) is 12.1 Å². The lowest BCUT2D eigenvalue weighted by Gasteiger charge is -2.17. The van der Waals surface area contributed by atoms with Gasteiger partial charge in [-0.25, -0.2) is 0 Å². The molecule has 0 aliphatic carbocycles. The smallest absolute Gasteiger partial charge is 0.172 e. The summed E-state index contributed by atoms with van der Waals surface area (Å²) in [5, 5.41) is 0.611. The molecular formula is C15H17ClO3. The van der Waals surface area contributed by atoms with Gasteiger partial charge in [0.25, 0.3) is 0 Å². The Kier molecular flexibility index (Phi) is 3.50. The second kappa shape index (κ2) is 5.14. The highest BCUT2D eigenvalue weighted by Gasteiger charge is 2.35. The number of hydrogen-bond acceptors (Lipinski definition) is 3. The fraction of sp³-hybridized carbons (Fsp3) is 0.533. The van der Waals surface area contributed by atoms with Crippen LogP contribution in [0.1, 0.15) is 35.7 Å². The Morgan fingerprint density at radius 1 is 1.42 bits per heavy atom. The van der Waals surface area contributed by atoms with E-state index in [1.807, 2.05) is 6.07 Å². The summed E-state index contributed by atoms with van der Waals surface area (Å²) < 4.78 is 11.2. The average molecular weight is 281 g/mol. The normalized spacial score (nSPS) is 25.2. The molecule has 0 spiro atoms. The minimum Gasteiger partial charge on any atom is -0.492 e. The van der Waals surface area contributed by atoms with Gasteiger partial charge in [-0.3, -0.25) is 4.79 Å². The number of fused-ring (bicyclic) bond motifs is 1. The van der Waals surface area contributed by atoms with Crippen LogP contribution in [-0.2, 0) is 11.2 Å². The van der Waals surface area contributed by atoms with Crippen LogP contribution in [0.4, 0.5) is 0 Å². The molecule has 1 aromatic carbocycles. The number of benzene rings is 1. The summed E-state index contributed by atoms with van der Waals surface area (Å²) in [6.45, 7) is 3.35. The molecule has 0 saturated carbocycles. The molecule has 2 aliphatic heterocycles. The maximum atomic E-state index is 12.7. The third-order valence-corrected chi connectivity index (χ3v) is 4.18. The van der Waals surface area contributed by atoms with Crippen molar-refractivity contribution in [3.63, 3.8) is 0 Å². The van der Waals surface area contributed by atoms with Crippen LogP contribution >= 0.6 is 11.6 Å². The second-order valence-corrected chi connectivity index (χ2v) is 5.55. The van der Waals surface area contributed by atoms with Gasteiger partial charge in [0, 0.05) is 18.1 Å². The Morgan fingerprint density at radius 3 is 3.05 bits per heavy atom. The number of ketones is 1. The van der Waals surface area contributed by atoms with Crippen LogP contribution in [0.25, 0.3) is 0 Å². The van der Waals surface area contributed by atoms with E-state index in [1.54, 1.807) is 6.07 Å². The molecule has 2 unspecified atom stereocenters. The van der Waals surface area contributed by atoms with Crippen molar-refractivity contribution in [1.29, 1.82) is 0 Å². The van der Waals surface area contributed by atoms with E-state index in [-0.39, 0.29) is 17.8 Å². The van der Waals surface area contributed by atoms with Crippen molar-refractivity contribution in [2.24, 2.45) is 5.92 Å². The van der Waals surface area contributed by atoms with Gasteiger partial charge in [0.2, 0.25) is 0 Å². The molecule has 1 fully saturated rings. The number of hydrogen-bond donors (Lipinski definition) is 0. The maximum Gasteiger partial charge on any atom is 0.172 e. The van der Waals surface area contributed by atoms with E-state index in [0.717, 1.165) is 30.6 Å². The van der Waals surface area contributed by atoms with Crippen LogP contribution in [0.3, 0.4) is 0 Å². The molecule has 0 radical (unpaired) electrons. The number of ether oxygens (including phenoxy) is 2. The Bertz CT molecular complexity index is 512. The third-order valence-electron chi connectivity index (χ3n) is 3.96. The van der Waals surface area contributed by atoms with E-state index in [0.29, 0.717) is 23.8 Å². The number of halogens is 1. The van der Waals surface area contributed by atoms with Gasteiger partial charge in [-0.1, -0.05) is 18.5 Å². The van der Waals surface area contributed by atoms with Crippen molar-refractivity contribution >= 4 is 17.4 Å². The molecule has 2 atom stereocenters. The number of carbonyl (C=O) groups is 1.